The fraction of sp³-hybridized carbons (Fsp3) is 0.368. The normalized spacial score (nSPS) is 18.8. The van der Waals surface area contributed by atoms with Gasteiger partial charge in [0.2, 0.25) is 10.0 Å². The molecule has 0 aliphatic carbocycles. The van der Waals surface area contributed by atoms with Crippen LogP contribution < -0.4 is 0 Å². The minimum atomic E-state index is -4.64. The predicted octanol–water partition coefficient (Wildman–Crippen LogP) is 4.11. The van der Waals surface area contributed by atoms with Crippen molar-refractivity contribution < 1.29 is 26.0 Å². The van der Waals surface area contributed by atoms with Gasteiger partial charge in [0.25, 0.3) is 0 Å². The monoisotopic (exact) mass is 442 g/mol. The topological polar surface area (TPSA) is 67.6 Å². The highest BCUT2D eigenvalue weighted by Crippen LogP contribution is 2.36. The van der Waals surface area contributed by atoms with E-state index in [2.05, 4.69) is 10.1 Å². The van der Waals surface area contributed by atoms with E-state index in [-0.39, 0.29) is 28.5 Å². The molecule has 1 fully saturated rings. The lowest BCUT2D eigenvalue weighted by Crippen LogP contribution is -2.38. The minimum absolute atomic E-state index is 0.00188. The highest BCUT2D eigenvalue weighted by molar-refractivity contribution is 7.89. The average molecular weight is 442 g/mol. The van der Waals surface area contributed by atoms with Crippen molar-refractivity contribution in [1.82, 2.24) is 18.9 Å². The number of sulfonamides is 1. The Balaban J connectivity index is 1.80. The second-order valence-electron chi connectivity index (χ2n) is 7.20. The van der Waals surface area contributed by atoms with Crippen LogP contribution in [0.5, 0.6) is 0 Å². The maximum atomic E-state index is 13.4. The first kappa shape index (κ1) is 20.7. The van der Waals surface area contributed by atoms with Crippen LogP contribution in [-0.4, -0.2) is 33.9 Å². The van der Waals surface area contributed by atoms with Crippen LogP contribution in [0.2, 0.25) is 0 Å². The Morgan fingerprint density at radius 3 is 2.47 bits per heavy atom. The molecule has 1 aliphatic rings. The third kappa shape index (κ3) is 3.67. The fourth-order valence-corrected chi connectivity index (χ4v) is 5.38. The Morgan fingerprint density at radius 2 is 1.80 bits per heavy atom. The van der Waals surface area contributed by atoms with Crippen molar-refractivity contribution in [2.75, 3.05) is 6.54 Å². The van der Waals surface area contributed by atoms with Gasteiger partial charge < -0.3 is 0 Å². The van der Waals surface area contributed by atoms with E-state index in [1.165, 1.54) is 29.4 Å². The zero-order chi connectivity index (χ0) is 21.7. The van der Waals surface area contributed by atoms with Crippen molar-refractivity contribution in [1.29, 1.82) is 0 Å². The summed E-state index contributed by atoms with van der Waals surface area (Å²) in [6.07, 6.45) is -2.92. The maximum Gasteiger partial charge on any atom is 0.433 e. The van der Waals surface area contributed by atoms with Gasteiger partial charge in [0.1, 0.15) is 11.5 Å². The van der Waals surface area contributed by atoms with Crippen molar-refractivity contribution in [3.63, 3.8) is 0 Å². The molecule has 3 heterocycles. The summed E-state index contributed by atoms with van der Waals surface area (Å²) in [6, 6.07) is 6.01. The number of halogens is 4. The van der Waals surface area contributed by atoms with Crippen molar-refractivity contribution in [2.45, 2.75) is 43.3 Å². The number of rotatable bonds is 3. The molecule has 2 aromatic heterocycles. The lowest BCUT2D eigenvalue weighted by atomic mass is 10.0. The van der Waals surface area contributed by atoms with Gasteiger partial charge in [-0.25, -0.2) is 22.3 Å². The molecule has 3 aromatic rings. The number of benzene rings is 1. The van der Waals surface area contributed by atoms with Gasteiger partial charge in [-0.15, -0.1) is 0 Å². The number of aryl methyl sites for hydroxylation is 1. The lowest BCUT2D eigenvalue weighted by molar-refractivity contribution is -0.142. The molecule has 11 heteroatoms. The van der Waals surface area contributed by atoms with Crippen LogP contribution >= 0.6 is 0 Å². The van der Waals surface area contributed by atoms with Gasteiger partial charge in [-0.05, 0) is 50.1 Å². The number of aromatic nitrogens is 3. The average Bonchev–Trinajstić information content (AvgIpc) is 3.10. The van der Waals surface area contributed by atoms with Crippen LogP contribution in [0, 0.1) is 12.7 Å². The van der Waals surface area contributed by atoms with Crippen molar-refractivity contribution in [3.05, 3.63) is 59.3 Å². The molecule has 1 aromatic carbocycles. The second-order valence-corrected chi connectivity index (χ2v) is 9.09. The summed E-state index contributed by atoms with van der Waals surface area (Å²) in [6.45, 7) is 1.64. The number of fused-ring (bicyclic) bond motifs is 1. The summed E-state index contributed by atoms with van der Waals surface area (Å²) >= 11 is 0. The second kappa shape index (κ2) is 7.31. The van der Waals surface area contributed by atoms with E-state index in [4.69, 9.17) is 0 Å². The van der Waals surface area contributed by atoms with Crippen molar-refractivity contribution >= 4 is 15.7 Å². The molecule has 0 N–H and O–H groups in total. The third-order valence-corrected chi connectivity index (χ3v) is 7.00. The van der Waals surface area contributed by atoms with Gasteiger partial charge in [-0.1, -0.05) is 6.42 Å². The van der Waals surface area contributed by atoms with E-state index in [0.717, 1.165) is 18.2 Å². The molecule has 160 valence electrons. The molecule has 30 heavy (non-hydrogen) atoms. The molecule has 1 aliphatic heterocycles. The standard InChI is InChI=1S/C19H18F4N4O2S/c1-12-10-17(19(21,22)23)27-18(24-12)11-15(25-27)16-4-2-3-9-26(16)30(28,29)14-7-5-13(20)6-8-14/h5-8,10-11,16H,2-4,9H2,1H3/t16-/m0/s1. The molecular weight excluding hydrogens is 424 g/mol. The van der Waals surface area contributed by atoms with Crippen LogP contribution in [-0.2, 0) is 16.2 Å². The third-order valence-electron chi connectivity index (χ3n) is 5.08. The van der Waals surface area contributed by atoms with E-state index in [1.54, 1.807) is 0 Å². The summed E-state index contributed by atoms with van der Waals surface area (Å²) in [5.74, 6) is -0.564. The van der Waals surface area contributed by atoms with Crippen LogP contribution in [0.15, 0.2) is 41.3 Å². The maximum absolute atomic E-state index is 13.4. The number of nitrogens with zero attached hydrogens (tertiary/aromatic N) is 4. The first-order valence-corrected chi connectivity index (χ1v) is 10.7. The fourth-order valence-electron chi connectivity index (χ4n) is 3.71. The number of hydrogen-bond donors (Lipinski definition) is 0. The molecule has 1 atom stereocenters. The van der Waals surface area contributed by atoms with Gasteiger partial charge in [0, 0.05) is 18.3 Å². The Hall–Kier alpha value is -2.53. The predicted molar refractivity (Wildman–Crippen MR) is 99.6 cm³/mol. The van der Waals surface area contributed by atoms with Gasteiger partial charge in [-0.3, -0.25) is 0 Å². The van der Waals surface area contributed by atoms with Crippen LogP contribution in [0.3, 0.4) is 0 Å². The van der Waals surface area contributed by atoms with E-state index in [9.17, 15) is 26.0 Å². The van der Waals surface area contributed by atoms with E-state index in [1.807, 2.05) is 0 Å². The van der Waals surface area contributed by atoms with Gasteiger partial charge in [-0.2, -0.15) is 22.6 Å². The van der Waals surface area contributed by atoms with Crippen molar-refractivity contribution in [2.24, 2.45) is 0 Å². The summed E-state index contributed by atoms with van der Waals surface area (Å²) in [5.41, 5.74) is -0.591. The molecule has 4 rings (SSSR count). The summed E-state index contributed by atoms with van der Waals surface area (Å²) < 4.78 is 81.8. The summed E-state index contributed by atoms with van der Waals surface area (Å²) in [5, 5.41) is 4.08. The number of hydrogen-bond acceptors (Lipinski definition) is 4. The smallest absolute Gasteiger partial charge is 0.234 e. The highest BCUT2D eigenvalue weighted by atomic mass is 32.2. The molecule has 0 amide bonds. The minimum Gasteiger partial charge on any atom is -0.234 e. The van der Waals surface area contributed by atoms with Crippen LogP contribution in [0.1, 0.15) is 42.4 Å². The Morgan fingerprint density at radius 1 is 1.10 bits per heavy atom. The van der Waals surface area contributed by atoms with E-state index >= 15 is 0 Å². The first-order chi connectivity index (χ1) is 14.1. The van der Waals surface area contributed by atoms with Crippen LogP contribution in [0.4, 0.5) is 17.6 Å². The molecule has 0 unspecified atom stereocenters. The number of piperidine rings is 1. The van der Waals surface area contributed by atoms with Gasteiger partial charge in [0.05, 0.1) is 16.6 Å². The summed E-state index contributed by atoms with van der Waals surface area (Å²) in [7, 11) is -3.99. The number of alkyl halides is 3. The Bertz CT molecular complexity index is 1190. The summed E-state index contributed by atoms with van der Waals surface area (Å²) in [4.78, 5) is 4.03. The SMILES string of the molecule is Cc1cc(C(F)(F)F)n2nc([C@@H]3CCCCN3S(=O)(=O)c3ccc(F)cc3)cc2n1. The quantitative estimate of drug-likeness (QED) is 0.573. The van der Waals surface area contributed by atoms with Gasteiger partial charge >= 0.3 is 6.18 Å². The lowest BCUT2D eigenvalue weighted by Gasteiger charge is -2.33. The zero-order valence-electron chi connectivity index (χ0n) is 15.9. The largest absolute Gasteiger partial charge is 0.433 e. The Kier molecular flexibility index (Phi) is 5.05. The highest BCUT2D eigenvalue weighted by Gasteiger charge is 2.38. The van der Waals surface area contributed by atoms with Gasteiger partial charge in [0.15, 0.2) is 5.65 Å². The molecule has 1 saturated heterocycles. The van der Waals surface area contributed by atoms with Crippen LogP contribution in [0.25, 0.3) is 5.65 Å². The molecule has 0 bridgehead atoms. The van der Waals surface area contributed by atoms with E-state index < -0.39 is 33.8 Å². The molecule has 0 spiro atoms. The molecule has 6 nitrogen and oxygen atoms in total. The molecule has 0 radical (unpaired) electrons. The van der Waals surface area contributed by atoms with E-state index in [0.29, 0.717) is 23.8 Å². The molecular formula is C19H18F4N4O2S. The van der Waals surface area contributed by atoms with Crippen molar-refractivity contribution in [3.8, 4) is 0 Å². The first-order valence-electron chi connectivity index (χ1n) is 9.29. The Labute approximate surface area is 170 Å². The molecule has 0 saturated carbocycles. The zero-order valence-corrected chi connectivity index (χ0v) is 16.7.